The number of urea groups is 1. The Morgan fingerprint density at radius 2 is 1.73 bits per heavy atom. The number of hydrogen-bond donors (Lipinski definition) is 4. The molecule has 15 heavy (non-hydrogen) atoms. The number of carbonyl (C=O) groups is 2. The molecule has 0 atom stereocenters. The Bertz CT molecular complexity index is 307. The van der Waals surface area contributed by atoms with Gasteiger partial charge < -0.3 is 15.5 Å². The maximum Gasteiger partial charge on any atom is 0.341 e. The van der Waals surface area contributed by atoms with E-state index in [1.165, 1.54) is 13.8 Å². The van der Waals surface area contributed by atoms with Crippen molar-refractivity contribution < 1.29 is 23.9 Å². The van der Waals surface area contributed by atoms with Crippen LogP contribution >= 0.6 is 7.60 Å². The molecule has 5 N–H and O–H groups in total. The first-order valence-corrected chi connectivity index (χ1v) is 5.99. The van der Waals surface area contributed by atoms with Gasteiger partial charge in [-0.05, 0) is 12.8 Å². The van der Waals surface area contributed by atoms with Crippen molar-refractivity contribution in [3.63, 3.8) is 0 Å². The van der Waals surface area contributed by atoms with Gasteiger partial charge in [0.05, 0.1) is 0 Å². The van der Waals surface area contributed by atoms with E-state index in [1.54, 1.807) is 5.32 Å². The quantitative estimate of drug-likeness (QED) is 0.509. The highest BCUT2D eigenvalue weighted by Gasteiger charge is 2.50. The van der Waals surface area contributed by atoms with Crippen LogP contribution in [-0.2, 0) is 9.36 Å². The number of primary amides is 1. The van der Waals surface area contributed by atoms with Crippen molar-refractivity contribution in [2.75, 3.05) is 0 Å². The average Bonchev–Trinajstić information content (AvgIpc) is 2.02. The molecule has 0 aliphatic rings. The van der Waals surface area contributed by atoms with Gasteiger partial charge in [0.2, 0.25) is 5.91 Å². The van der Waals surface area contributed by atoms with E-state index in [-0.39, 0.29) is 12.8 Å². The van der Waals surface area contributed by atoms with Crippen molar-refractivity contribution in [1.29, 1.82) is 0 Å². The Balaban J connectivity index is 5.21. The normalized spacial score (nSPS) is 12.3. The van der Waals surface area contributed by atoms with E-state index in [0.29, 0.717) is 0 Å². The molecule has 0 fully saturated rings. The molecule has 3 amide bonds. The van der Waals surface area contributed by atoms with Crippen LogP contribution in [0, 0.1) is 0 Å². The molecular weight excluding hydrogens is 223 g/mol. The van der Waals surface area contributed by atoms with Crippen LogP contribution in [0.25, 0.3) is 0 Å². The molecule has 0 aromatic rings. The molecule has 0 saturated heterocycles. The van der Waals surface area contributed by atoms with Gasteiger partial charge in [0.25, 0.3) is 0 Å². The predicted molar refractivity (Wildman–Crippen MR) is 53.1 cm³/mol. The summed E-state index contributed by atoms with van der Waals surface area (Å²) in [7, 11) is -4.64. The number of rotatable bonds is 4. The molecule has 0 bridgehead atoms. The second-order valence-corrected chi connectivity index (χ2v) is 5.05. The lowest BCUT2D eigenvalue weighted by atomic mass is 10.0. The van der Waals surface area contributed by atoms with Crippen LogP contribution in [0.1, 0.15) is 26.7 Å². The van der Waals surface area contributed by atoms with Gasteiger partial charge in [0.1, 0.15) is 0 Å². The zero-order valence-corrected chi connectivity index (χ0v) is 9.45. The summed E-state index contributed by atoms with van der Waals surface area (Å²) in [5.41, 5.74) is 4.72. The molecule has 0 heterocycles. The molecule has 0 radical (unpaired) electrons. The fraction of sp³-hybridized carbons (Fsp3) is 0.714. The van der Waals surface area contributed by atoms with Crippen molar-refractivity contribution in [2.24, 2.45) is 5.73 Å². The summed E-state index contributed by atoms with van der Waals surface area (Å²) in [5, 5.41) is -0.173. The highest BCUT2D eigenvalue weighted by atomic mass is 31.2. The standard InChI is InChI=1S/C7H15N2O5P/c1-3-7(4-2,15(12,13)14)5(10)9-6(8)11/h3-4H2,1-2H3,(H2,12,13,14)(H3,8,9,10,11). The minimum absolute atomic E-state index is 0.0765. The van der Waals surface area contributed by atoms with Gasteiger partial charge in [-0.3, -0.25) is 14.7 Å². The Kier molecular flexibility index (Phi) is 4.45. The SMILES string of the molecule is CCC(CC)(C(=O)NC(N)=O)P(=O)(O)O. The molecule has 0 spiro atoms. The zero-order chi connectivity index (χ0) is 12.3. The minimum atomic E-state index is -4.64. The van der Waals surface area contributed by atoms with Crippen molar-refractivity contribution >= 4 is 19.5 Å². The fourth-order valence-corrected chi connectivity index (χ4v) is 2.49. The summed E-state index contributed by atoms with van der Waals surface area (Å²) in [4.78, 5) is 40.2. The van der Waals surface area contributed by atoms with Gasteiger partial charge in [-0.25, -0.2) is 4.79 Å². The van der Waals surface area contributed by atoms with Crippen molar-refractivity contribution in [1.82, 2.24) is 5.32 Å². The summed E-state index contributed by atoms with van der Waals surface area (Å²) in [5.74, 6) is -1.03. The number of nitrogens with one attached hydrogen (secondary N) is 1. The summed E-state index contributed by atoms with van der Waals surface area (Å²) < 4.78 is 11.2. The number of nitrogens with two attached hydrogens (primary N) is 1. The van der Waals surface area contributed by atoms with E-state index in [0.717, 1.165) is 0 Å². The van der Waals surface area contributed by atoms with Crippen LogP contribution in [0.5, 0.6) is 0 Å². The first-order chi connectivity index (χ1) is 6.71. The summed E-state index contributed by atoms with van der Waals surface area (Å²) >= 11 is 0. The summed E-state index contributed by atoms with van der Waals surface area (Å²) in [6.07, 6.45) is -0.153. The van der Waals surface area contributed by atoms with Gasteiger partial charge in [-0.1, -0.05) is 13.8 Å². The van der Waals surface area contributed by atoms with Gasteiger partial charge >= 0.3 is 13.6 Å². The van der Waals surface area contributed by atoms with E-state index in [2.05, 4.69) is 0 Å². The molecule has 88 valence electrons. The molecule has 0 rings (SSSR count). The average molecular weight is 238 g/mol. The third kappa shape index (κ3) is 2.77. The van der Waals surface area contributed by atoms with Gasteiger partial charge in [-0.15, -0.1) is 0 Å². The fourth-order valence-electron chi connectivity index (χ4n) is 1.34. The van der Waals surface area contributed by atoms with Crippen LogP contribution in [-0.4, -0.2) is 26.9 Å². The molecule has 7 nitrogen and oxygen atoms in total. The minimum Gasteiger partial charge on any atom is -0.351 e. The van der Waals surface area contributed by atoms with Crippen molar-refractivity contribution in [2.45, 2.75) is 31.8 Å². The van der Waals surface area contributed by atoms with Crippen molar-refractivity contribution in [3.05, 3.63) is 0 Å². The smallest absolute Gasteiger partial charge is 0.341 e. The van der Waals surface area contributed by atoms with Gasteiger partial charge in [-0.2, -0.15) is 0 Å². The number of amides is 3. The van der Waals surface area contributed by atoms with Crippen LogP contribution < -0.4 is 11.1 Å². The molecule has 0 aromatic heterocycles. The second-order valence-electron chi connectivity index (χ2n) is 3.10. The Hall–Kier alpha value is -0.910. The number of carbonyl (C=O) groups excluding carboxylic acids is 2. The van der Waals surface area contributed by atoms with Crippen molar-refractivity contribution in [3.8, 4) is 0 Å². The third-order valence-electron chi connectivity index (χ3n) is 2.39. The predicted octanol–water partition coefficient (Wildman–Crippen LogP) is -0.0822. The molecule has 0 unspecified atom stereocenters. The monoisotopic (exact) mass is 238 g/mol. The number of hydrogen-bond acceptors (Lipinski definition) is 3. The lowest BCUT2D eigenvalue weighted by Gasteiger charge is -2.29. The topological polar surface area (TPSA) is 130 Å². The van der Waals surface area contributed by atoms with Gasteiger partial charge in [0.15, 0.2) is 5.16 Å². The lowest BCUT2D eigenvalue weighted by Crippen LogP contribution is -2.49. The summed E-state index contributed by atoms with van der Waals surface area (Å²) in [6.45, 7) is 2.92. The van der Waals surface area contributed by atoms with E-state index in [4.69, 9.17) is 15.5 Å². The first kappa shape index (κ1) is 14.1. The molecule has 0 aliphatic heterocycles. The third-order valence-corrected chi connectivity index (χ3v) is 4.34. The highest BCUT2D eigenvalue weighted by molar-refractivity contribution is 7.54. The number of imide groups is 1. The Morgan fingerprint density at radius 1 is 1.33 bits per heavy atom. The largest absolute Gasteiger partial charge is 0.351 e. The van der Waals surface area contributed by atoms with Gasteiger partial charge in [0, 0.05) is 0 Å². The molecular formula is C7H15N2O5P. The molecule has 0 saturated carbocycles. The van der Waals surface area contributed by atoms with E-state index in [9.17, 15) is 14.2 Å². The Morgan fingerprint density at radius 3 is 1.93 bits per heavy atom. The lowest BCUT2D eigenvalue weighted by molar-refractivity contribution is -0.123. The van der Waals surface area contributed by atoms with E-state index in [1.807, 2.05) is 0 Å². The maximum absolute atomic E-state index is 11.5. The molecule has 0 aliphatic carbocycles. The Labute approximate surface area is 87.2 Å². The zero-order valence-electron chi connectivity index (χ0n) is 8.56. The van der Waals surface area contributed by atoms with Crippen LogP contribution in [0.2, 0.25) is 0 Å². The van der Waals surface area contributed by atoms with E-state index < -0.39 is 24.7 Å². The first-order valence-electron chi connectivity index (χ1n) is 4.37. The molecule has 8 heteroatoms. The molecule has 0 aromatic carbocycles. The van der Waals surface area contributed by atoms with Crippen LogP contribution in [0.4, 0.5) is 4.79 Å². The van der Waals surface area contributed by atoms with E-state index >= 15 is 0 Å². The van der Waals surface area contributed by atoms with Crippen LogP contribution in [0.15, 0.2) is 0 Å². The van der Waals surface area contributed by atoms with Crippen LogP contribution in [0.3, 0.4) is 0 Å². The second kappa shape index (κ2) is 4.74. The highest BCUT2D eigenvalue weighted by Crippen LogP contribution is 2.54. The maximum atomic E-state index is 11.5. The summed E-state index contributed by atoms with van der Waals surface area (Å²) in [6, 6.07) is -1.13.